The zero-order valence-corrected chi connectivity index (χ0v) is 25.8. The van der Waals surface area contributed by atoms with Crippen LogP contribution in [0, 0.1) is 57.2 Å². The van der Waals surface area contributed by atoms with Crippen LogP contribution in [0.4, 0.5) is 0 Å². The third kappa shape index (κ3) is 4.36. The summed E-state index contributed by atoms with van der Waals surface area (Å²) in [7, 11) is 1.55. The molecule has 0 spiro atoms. The lowest BCUT2D eigenvalue weighted by atomic mass is 9.37. The fraction of sp³-hybridized carbons (Fsp3) is 0.939. The van der Waals surface area contributed by atoms with Gasteiger partial charge in [-0.1, -0.05) is 67.7 Å². The number of carbonyl (C=O) groups excluding carboxylic acids is 2. The van der Waals surface area contributed by atoms with Gasteiger partial charge >= 0.3 is 11.9 Å². The van der Waals surface area contributed by atoms with Gasteiger partial charge in [0, 0.05) is 18.3 Å². The van der Waals surface area contributed by atoms with Gasteiger partial charge in [0.1, 0.15) is 6.10 Å². The average Bonchev–Trinajstić information content (AvgIpc) is 3.15. The molecule has 0 aliphatic heterocycles. The highest BCUT2D eigenvalue weighted by molar-refractivity contribution is 5.79. The molecule has 0 radical (unpaired) electrons. The molecule has 0 unspecified atom stereocenters. The lowest BCUT2D eigenvalue weighted by molar-refractivity contribution is -0.245. The lowest BCUT2D eigenvalue weighted by Gasteiger charge is -2.68. The second-order valence-corrected chi connectivity index (χ2v) is 15.3. The third-order valence-corrected chi connectivity index (χ3v) is 12.9. The first-order valence-corrected chi connectivity index (χ1v) is 15.6. The molecule has 0 saturated heterocycles. The van der Waals surface area contributed by atoms with Gasteiger partial charge in [0.15, 0.2) is 0 Å². The smallest absolute Gasteiger partial charge is 0.312 e. The topological polar surface area (TPSA) is 72.8 Å². The summed E-state index contributed by atoms with van der Waals surface area (Å²) in [5.74, 6) is 1.86. The largest absolute Gasteiger partial charge is 0.469 e. The van der Waals surface area contributed by atoms with Crippen LogP contribution in [0.25, 0.3) is 0 Å². The number of hydrogen-bond acceptors (Lipinski definition) is 5. The van der Waals surface area contributed by atoms with E-state index in [0.29, 0.717) is 18.3 Å². The number of methoxy groups -OCH3 is 1. The van der Waals surface area contributed by atoms with Crippen molar-refractivity contribution in [2.75, 3.05) is 7.11 Å². The normalized spacial score (nSPS) is 44.5. The lowest BCUT2D eigenvalue weighted by Crippen LogP contribution is -2.67. The maximum atomic E-state index is 14.0. The van der Waals surface area contributed by atoms with Crippen LogP contribution in [-0.2, 0) is 19.1 Å². The molecule has 4 aliphatic rings. The van der Waals surface area contributed by atoms with E-state index in [1.807, 2.05) is 0 Å². The van der Waals surface area contributed by atoms with Gasteiger partial charge < -0.3 is 14.6 Å². The fourth-order valence-electron chi connectivity index (χ4n) is 11.1. The Morgan fingerprint density at radius 2 is 1.66 bits per heavy atom. The molecule has 0 heterocycles. The molecule has 4 saturated carbocycles. The Balaban J connectivity index is 1.70. The van der Waals surface area contributed by atoms with Gasteiger partial charge in [-0.05, 0) is 85.4 Å². The van der Waals surface area contributed by atoms with Crippen molar-refractivity contribution in [2.24, 2.45) is 57.2 Å². The highest BCUT2D eigenvalue weighted by Crippen LogP contribution is 2.75. The molecule has 0 amide bonds. The molecule has 10 atom stereocenters. The second-order valence-electron chi connectivity index (χ2n) is 15.3. The van der Waals surface area contributed by atoms with Crippen molar-refractivity contribution in [1.29, 1.82) is 0 Å². The molecule has 4 rings (SSSR count). The zero-order chi connectivity index (χ0) is 28.3. The monoisotopic (exact) mass is 532 g/mol. The van der Waals surface area contributed by atoms with Crippen LogP contribution >= 0.6 is 0 Å². The van der Waals surface area contributed by atoms with Crippen molar-refractivity contribution >= 4 is 11.9 Å². The van der Waals surface area contributed by atoms with E-state index in [1.54, 1.807) is 7.11 Å². The van der Waals surface area contributed by atoms with E-state index < -0.39 is 11.5 Å². The Hall–Kier alpha value is -1.10. The van der Waals surface area contributed by atoms with Gasteiger partial charge in [-0.15, -0.1) is 0 Å². The predicted octanol–water partition coefficient (Wildman–Crippen LogP) is 7.19. The van der Waals surface area contributed by atoms with Crippen LogP contribution in [0.5, 0.6) is 0 Å². The SMILES string of the molecule is COC(=O)[C@@]12CC[C@H]([C@H](C)CCCC(C)C)[C@@]1(C)CC[C@H]1[C@H]2[C@H](O)C[C@H]2C(C)(C)[C@@H](OC(C)=O)CC[C@]12C. The van der Waals surface area contributed by atoms with E-state index in [9.17, 15) is 14.7 Å². The highest BCUT2D eigenvalue weighted by Gasteiger charge is 2.74. The highest BCUT2D eigenvalue weighted by atomic mass is 16.5. The minimum absolute atomic E-state index is 0.00658. The van der Waals surface area contributed by atoms with E-state index in [1.165, 1.54) is 26.2 Å². The molecule has 0 aromatic heterocycles. The number of carbonyl (C=O) groups is 2. The summed E-state index contributed by atoms with van der Waals surface area (Å²) in [5.41, 5.74) is -1.03. The Morgan fingerprint density at radius 3 is 2.26 bits per heavy atom. The number of rotatable bonds is 7. The molecule has 0 aromatic carbocycles. The van der Waals surface area contributed by atoms with Gasteiger partial charge in [0.25, 0.3) is 0 Å². The molecule has 5 nitrogen and oxygen atoms in total. The molecular weight excluding hydrogens is 476 g/mol. The van der Waals surface area contributed by atoms with Gasteiger partial charge in [-0.2, -0.15) is 0 Å². The standard InChI is InChI=1S/C33H56O5/c1-20(2)11-10-12-21(3)23-14-18-33(29(36)37-9)28-24(13-17-32(23,33)8)31(7)16-15-27(38-22(4)34)30(5,6)26(31)19-25(28)35/h20-21,23-28,35H,10-19H2,1-9H3/t21-,23-,24+,25-,26+,27+,28+,31-,32-,33+/m1/s1. The van der Waals surface area contributed by atoms with Crippen molar-refractivity contribution in [3.63, 3.8) is 0 Å². The average molecular weight is 533 g/mol. The Bertz CT molecular complexity index is 896. The summed E-state index contributed by atoms with van der Waals surface area (Å²) < 4.78 is 11.5. The molecular formula is C33H56O5. The van der Waals surface area contributed by atoms with Crippen LogP contribution in [0.15, 0.2) is 0 Å². The molecule has 38 heavy (non-hydrogen) atoms. The fourth-order valence-corrected chi connectivity index (χ4v) is 11.1. The number of fused-ring (bicyclic) bond motifs is 5. The maximum absolute atomic E-state index is 14.0. The van der Waals surface area contributed by atoms with Crippen molar-refractivity contribution < 1.29 is 24.2 Å². The number of aliphatic hydroxyl groups is 1. The number of aliphatic hydroxyl groups excluding tert-OH is 1. The molecule has 0 aromatic rings. The maximum Gasteiger partial charge on any atom is 0.312 e. The van der Waals surface area contributed by atoms with Crippen molar-refractivity contribution in [1.82, 2.24) is 0 Å². The molecule has 5 heteroatoms. The van der Waals surface area contributed by atoms with Crippen LogP contribution in [0.3, 0.4) is 0 Å². The zero-order valence-electron chi connectivity index (χ0n) is 25.8. The summed E-state index contributed by atoms with van der Waals surface area (Å²) >= 11 is 0. The molecule has 4 fully saturated rings. The van der Waals surface area contributed by atoms with Crippen LogP contribution < -0.4 is 0 Å². The molecule has 0 bridgehead atoms. The summed E-state index contributed by atoms with van der Waals surface area (Å²) in [6, 6.07) is 0. The van der Waals surface area contributed by atoms with Crippen molar-refractivity contribution in [2.45, 2.75) is 132 Å². The number of ether oxygens (including phenoxy) is 2. The first-order chi connectivity index (χ1) is 17.7. The van der Waals surface area contributed by atoms with Crippen LogP contribution in [-0.4, -0.2) is 36.4 Å². The second kappa shape index (κ2) is 10.4. The van der Waals surface area contributed by atoms with E-state index in [0.717, 1.165) is 44.4 Å². The van der Waals surface area contributed by atoms with Crippen LogP contribution in [0.1, 0.15) is 120 Å². The summed E-state index contributed by atoms with van der Waals surface area (Å²) in [6.45, 7) is 17.7. The first kappa shape index (κ1) is 29.9. The van der Waals surface area contributed by atoms with Gasteiger partial charge in [0.05, 0.1) is 18.6 Å². The van der Waals surface area contributed by atoms with Gasteiger partial charge in [-0.25, -0.2) is 0 Å². The quantitative estimate of drug-likeness (QED) is 0.351. The summed E-state index contributed by atoms with van der Waals surface area (Å²) in [5, 5.41) is 12.0. The molecule has 218 valence electrons. The first-order valence-electron chi connectivity index (χ1n) is 15.6. The Morgan fingerprint density at radius 1 is 0.974 bits per heavy atom. The number of esters is 2. The van der Waals surface area contributed by atoms with E-state index in [-0.39, 0.29) is 52.0 Å². The van der Waals surface area contributed by atoms with Crippen molar-refractivity contribution in [3.05, 3.63) is 0 Å². The van der Waals surface area contributed by atoms with Gasteiger partial charge in [0.2, 0.25) is 0 Å². The molecule has 1 N–H and O–H groups in total. The van der Waals surface area contributed by atoms with Crippen molar-refractivity contribution in [3.8, 4) is 0 Å². The minimum atomic E-state index is -0.633. The summed E-state index contributed by atoms with van der Waals surface area (Å²) in [4.78, 5) is 25.9. The molecule has 4 aliphatic carbocycles. The van der Waals surface area contributed by atoms with E-state index in [4.69, 9.17) is 9.47 Å². The van der Waals surface area contributed by atoms with E-state index >= 15 is 0 Å². The van der Waals surface area contributed by atoms with Crippen LogP contribution in [0.2, 0.25) is 0 Å². The Labute approximate surface area is 232 Å². The minimum Gasteiger partial charge on any atom is -0.469 e. The third-order valence-electron chi connectivity index (χ3n) is 12.9. The Kier molecular flexibility index (Phi) is 8.16. The van der Waals surface area contributed by atoms with E-state index in [2.05, 4.69) is 48.5 Å². The number of hydrogen-bond donors (Lipinski definition) is 1. The van der Waals surface area contributed by atoms with Gasteiger partial charge in [-0.3, -0.25) is 9.59 Å². The predicted molar refractivity (Wildman–Crippen MR) is 150 cm³/mol. The summed E-state index contributed by atoms with van der Waals surface area (Å²) in [6.07, 6.45) is 9.43.